The molecule has 0 aliphatic heterocycles. The summed E-state index contributed by atoms with van der Waals surface area (Å²) < 4.78 is 0. The quantitative estimate of drug-likeness (QED) is 0.608. The van der Waals surface area contributed by atoms with E-state index in [4.69, 9.17) is 5.73 Å². The van der Waals surface area contributed by atoms with Crippen LogP contribution in [0.3, 0.4) is 0 Å². The number of carbonyl (C=O) groups is 1. The predicted octanol–water partition coefficient (Wildman–Crippen LogP) is 3.03. The Balaban J connectivity index is 1.83. The number of amides is 1. The summed E-state index contributed by atoms with van der Waals surface area (Å²) in [5.74, 6) is -0.0870. The minimum absolute atomic E-state index is 0.0870. The lowest BCUT2D eigenvalue weighted by Crippen LogP contribution is -2.14. The van der Waals surface area contributed by atoms with Gasteiger partial charge in [0, 0.05) is 12.1 Å². The molecule has 0 atom stereocenters. The second-order valence-electron chi connectivity index (χ2n) is 4.92. The second-order valence-corrected chi connectivity index (χ2v) is 5.99. The van der Waals surface area contributed by atoms with Crippen molar-refractivity contribution in [3.63, 3.8) is 0 Å². The number of nitrogens with two attached hydrogens (primary N) is 1. The van der Waals surface area contributed by atoms with Crippen LogP contribution >= 0.6 is 11.3 Å². The minimum Gasteiger partial charge on any atom is -0.399 e. The van der Waals surface area contributed by atoms with Crippen molar-refractivity contribution in [3.05, 3.63) is 34.8 Å². The average Bonchev–Trinajstić information content (AvgIpc) is 2.89. The molecule has 0 aliphatic rings. The van der Waals surface area contributed by atoms with Crippen LogP contribution in [0.15, 0.2) is 24.3 Å². The highest BCUT2D eigenvalue weighted by Crippen LogP contribution is 2.18. The Morgan fingerprint density at radius 1 is 1.24 bits per heavy atom. The van der Waals surface area contributed by atoms with Crippen LogP contribution < -0.4 is 11.1 Å². The van der Waals surface area contributed by atoms with Crippen molar-refractivity contribution in [2.24, 2.45) is 0 Å². The molecule has 2 rings (SSSR count). The van der Waals surface area contributed by atoms with E-state index in [1.807, 2.05) is 12.1 Å². The number of aryl methyl sites for hydroxylation is 1. The molecule has 6 heteroatoms. The summed E-state index contributed by atoms with van der Waals surface area (Å²) in [5, 5.41) is 12.4. The fourth-order valence-electron chi connectivity index (χ4n) is 1.92. The number of anilines is 2. The Morgan fingerprint density at radius 3 is 2.71 bits per heavy atom. The zero-order valence-electron chi connectivity index (χ0n) is 12.1. The number of nitrogens with zero attached hydrogens (tertiary/aromatic N) is 2. The molecule has 1 aromatic heterocycles. The van der Waals surface area contributed by atoms with Crippen LogP contribution in [0.1, 0.15) is 36.8 Å². The van der Waals surface area contributed by atoms with Crippen LogP contribution in [0.2, 0.25) is 0 Å². The van der Waals surface area contributed by atoms with Gasteiger partial charge in [-0.3, -0.25) is 4.79 Å². The molecule has 0 aliphatic carbocycles. The van der Waals surface area contributed by atoms with E-state index in [1.165, 1.54) is 24.2 Å². The normalized spacial score (nSPS) is 10.5. The lowest BCUT2D eigenvalue weighted by atomic mass is 10.1. The van der Waals surface area contributed by atoms with Gasteiger partial charge in [-0.05, 0) is 24.1 Å². The Bertz CT molecular complexity index is 580. The van der Waals surface area contributed by atoms with E-state index in [9.17, 15) is 4.79 Å². The molecular formula is C15H20N4OS. The molecule has 1 amide bonds. The van der Waals surface area contributed by atoms with E-state index in [2.05, 4.69) is 22.4 Å². The maximum Gasteiger partial charge on any atom is 0.230 e. The predicted molar refractivity (Wildman–Crippen MR) is 86.3 cm³/mol. The van der Waals surface area contributed by atoms with Crippen molar-refractivity contribution in [2.75, 3.05) is 11.1 Å². The molecule has 3 N–H and O–H groups in total. The summed E-state index contributed by atoms with van der Waals surface area (Å²) in [6, 6.07) is 7.29. The highest BCUT2D eigenvalue weighted by atomic mass is 32.1. The number of nitrogens with one attached hydrogen (secondary N) is 1. The number of rotatable bonds is 7. The highest BCUT2D eigenvalue weighted by molar-refractivity contribution is 7.15. The van der Waals surface area contributed by atoms with Crippen LogP contribution in [-0.4, -0.2) is 16.1 Å². The number of aromatic nitrogens is 2. The van der Waals surface area contributed by atoms with E-state index in [-0.39, 0.29) is 5.91 Å². The Morgan fingerprint density at radius 2 is 2.00 bits per heavy atom. The molecule has 21 heavy (non-hydrogen) atoms. The van der Waals surface area contributed by atoms with Gasteiger partial charge < -0.3 is 11.1 Å². The van der Waals surface area contributed by atoms with E-state index in [0.717, 1.165) is 23.4 Å². The second kappa shape index (κ2) is 7.73. The Labute approximate surface area is 128 Å². The number of hydrogen-bond acceptors (Lipinski definition) is 5. The summed E-state index contributed by atoms with van der Waals surface area (Å²) in [5.41, 5.74) is 7.24. The molecule has 2 aromatic rings. The summed E-state index contributed by atoms with van der Waals surface area (Å²) in [4.78, 5) is 11.9. The van der Waals surface area contributed by atoms with Crippen LogP contribution in [0.4, 0.5) is 10.8 Å². The Hall–Kier alpha value is -1.95. The molecule has 0 unspecified atom stereocenters. The molecule has 0 saturated carbocycles. The molecule has 0 radical (unpaired) electrons. The largest absolute Gasteiger partial charge is 0.399 e. The van der Waals surface area contributed by atoms with Gasteiger partial charge in [-0.1, -0.05) is 43.2 Å². The standard InChI is InChI=1S/C15H20N4OS/c1-2-3-4-5-14-18-19-15(21-14)17-13(20)10-11-6-8-12(16)9-7-11/h6-9H,2-5,10,16H2,1H3,(H,17,19,20). The first-order valence-corrected chi connectivity index (χ1v) is 7.95. The molecule has 5 nitrogen and oxygen atoms in total. The summed E-state index contributed by atoms with van der Waals surface area (Å²) in [6.45, 7) is 2.17. The molecule has 0 bridgehead atoms. The first-order valence-electron chi connectivity index (χ1n) is 7.14. The molecule has 0 spiro atoms. The van der Waals surface area contributed by atoms with Gasteiger partial charge in [0.05, 0.1) is 6.42 Å². The van der Waals surface area contributed by atoms with Crippen LogP contribution in [0.5, 0.6) is 0 Å². The highest BCUT2D eigenvalue weighted by Gasteiger charge is 2.08. The third-order valence-corrected chi connectivity index (χ3v) is 3.95. The van der Waals surface area contributed by atoms with Crippen LogP contribution in [-0.2, 0) is 17.6 Å². The molecule has 1 heterocycles. The van der Waals surface area contributed by atoms with Gasteiger partial charge in [-0.25, -0.2) is 0 Å². The number of nitrogen functional groups attached to an aromatic ring is 1. The maximum atomic E-state index is 11.9. The van der Waals surface area contributed by atoms with Gasteiger partial charge >= 0.3 is 0 Å². The summed E-state index contributed by atoms with van der Waals surface area (Å²) in [7, 11) is 0. The number of benzene rings is 1. The number of unbranched alkanes of at least 4 members (excludes halogenated alkanes) is 2. The first-order chi connectivity index (χ1) is 10.2. The molecule has 0 fully saturated rings. The average molecular weight is 304 g/mol. The minimum atomic E-state index is -0.0870. The van der Waals surface area contributed by atoms with E-state index in [0.29, 0.717) is 17.2 Å². The third-order valence-electron chi connectivity index (χ3n) is 3.05. The van der Waals surface area contributed by atoms with Crippen molar-refractivity contribution >= 4 is 28.1 Å². The van der Waals surface area contributed by atoms with Gasteiger partial charge in [-0.2, -0.15) is 0 Å². The van der Waals surface area contributed by atoms with E-state index in [1.54, 1.807) is 12.1 Å². The van der Waals surface area contributed by atoms with Crippen molar-refractivity contribution in [1.29, 1.82) is 0 Å². The zero-order valence-corrected chi connectivity index (χ0v) is 12.9. The van der Waals surface area contributed by atoms with Gasteiger partial charge in [0.1, 0.15) is 5.01 Å². The van der Waals surface area contributed by atoms with Crippen LogP contribution in [0, 0.1) is 0 Å². The molecule has 0 saturated heterocycles. The third kappa shape index (κ3) is 5.15. The van der Waals surface area contributed by atoms with Crippen molar-refractivity contribution in [3.8, 4) is 0 Å². The lowest BCUT2D eigenvalue weighted by molar-refractivity contribution is -0.115. The SMILES string of the molecule is CCCCCc1nnc(NC(=O)Cc2ccc(N)cc2)s1. The number of hydrogen-bond donors (Lipinski definition) is 2. The zero-order chi connectivity index (χ0) is 15.1. The smallest absolute Gasteiger partial charge is 0.230 e. The van der Waals surface area contributed by atoms with Crippen molar-refractivity contribution in [2.45, 2.75) is 39.0 Å². The van der Waals surface area contributed by atoms with Gasteiger partial charge in [-0.15, -0.1) is 10.2 Å². The van der Waals surface area contributed by atoms with E-state index >= 15 is 0 Å². The topological polar surface area (TPSA) is 80.9 Å². The first kappa shape index (κ1) is 15.4. The lowest BCUT2D eigenvalue weighted by Gasteiger charge is -2.02. The maximum absolute atomic E-state index is 11.9. The summed E-state index contributed by atoms with van der Waals surface area (Å²) in [6.07, 6.45) is 4.73. The van der Waals surface area contributed by atoms with E-state index < -0.39 is 0 Å². The molecule has 1 aromatic carbocycles. The molecule has 112 valence electrons. The van der Waals surface area contributed by atoms with Crippen molar-refractivity contribution < 1.29 is 4.79 Å². The van der Waals surface area contributed by atoms with Gasteiger partial charge in [0.15, 0.2) is 0 Å². The van der Waals surface area contributed by atoms with Gasteiger partial charge in [0.2, 0.25) is 11.0 Å². The van der Waals surface area contributed by atoms with Crippen LogP contribution in [0.25, 0.3) is 0 Å². The monoisotopic (exact) mass is 304 g/mol. The van der Waals surface area contributed by atoms with Crippen molar-refractivity contribution in [1.82, 2.24) is 10.2 Å². The fraction of sp³-hybridized carbons (Fsp3) is 0.400. The molecular weight excluding hydrogens is 284 g/mol. The number of carbonyl (C=O) groups excluding carboxylic acids is 1. The Kier molecular flexibility index (Phi) is 5.68. The fourth-order valence-corrected chi connectivity index (χ4v) is 2.71. The van der Waals surface area contributed by atoms with Gasteiger partial charge in [0.25, 0.3) is 0 Å². The summed E-state index contributed by atoms with van der Waals surface area (Å²) >= 11 is 1.45.